The van der Waals surface area contributed by atoms with Crippen molar-refractivity contribution in [3.8, 4) is 0 Å². The predicted octanol–water partition coefficient (Wildman–Crippen LogP) is 2.86. The van der Waals surface area contributed by atoms with E-state index in [0.717, 1.165) is 36.0 Å². The van der Waals surface area contributed by atoms with Crippen LogP contribution in [0.15, 0.2) is 22.7 Å². The molecule has 102 valence electrons. The molecule has 19 heavy (non-hydrogen) atoms. The lowest BCUT2D eigenvalue weighted by molar-refractivity contribution is -0.119. The van der Waals surface area contributed by atoms with Gasteiger partial charge in [-0.25, -0.2) is 0 Å². The molecule has 1 aromatic carbocycles. The largest absolute Gasteiger partial charge is 0.327 e. The number of nitrogens with zero attached hydrogens (tertiary/aromatic N) is 1. The Bertz CT molecular complexity index is 503. The maximum Gasteiger partial charge on any atom is 0.227 e. The van der Waals surface area contributed by atoms with Crippen molar-refractivity contribution in [2.75, 3.05) is 11.4 Å². The van der Waals surface area contributed by atoms with E-state index in [0.29, 0.717) is 12.3 Å². The zero-order valence-electron chi connectivity index (χ0n) is 10.9. The van der Waals surface area contributed by atoms with Crippen LogP contribution >= 0.6 is 15.9 Å². The van der Waals surface area contributed by atoms with Gasteiger partial charge in [0, 0.05) is 29.2 Å². The van der Waals surface area contributed by atoms with Crippen LogP contribution in [-0.4, -0.2) is 18.5 Å². The Balaban J connectivity index is 1.72. The standard InChI is InChI=1S/C15H19BrN2O/c16-12-4-5-14-11(8-12)6-7-18(14)15(19)9-10-2-1-3-13(10)17/h4-5,8,10,13H,1-3,6-7,9,17H2/t10-,13+/m0/s1. The quantitative estimate of drug-likeness (QED) is 0.910. The number of hydrogen-bond acceptors (Lipinski definition) is 2. The minimum absolute atomic E-state index is 0.218. The van der Waals surface area contributed by atoms with Crippen LogP contribution < -0.4 is 10.6 Å². The van der Waals surface area contributed by atoms with Gasteiger partial charge in [0.2, 0.25) is 5.91 Å². The van der Waals surface area contributed by atoms with Crippen molar-refractivity contribution in [2.45, 2.75) is 38.1 Å². The van der Waals surface area contributed by atoms with Gasteiger partial charge in [0.15, 0.2) is 0 Å². The van der Waals surface area contributed by atoms with E-state index in [1.165, 1.54) is 12.0 Å². The van der Waals surface area contributed by atoms with E-state index in [4.69, 9.17) is 5.73 Å². The van der Waals surface area contributed by atoms with Crippen LogP contribution in [0.5, 0.6) is 0 Å². The minimum atomic E-state index is 0.218. The number of amides is 1. The summed E-state index contributed by atoms with van der Waals surface area (Å²) in [6.45, 7) is 0.812. The molecule has 3 rings (SSSR count). The summed E-state index contributed by atoms with van der Waals surface area (Å²) in [5.74, 6) is 0.621. The van der Waals surface area contributed by atoms with Gasteiger partial charge < -0.3 is 10.6 Å². The first-order chi connectivity index (χ1) is 9.15. The molecular weight excluding hydrogens is 304 g/mol. The number of hydrogen-bond donors (Lipinski definition) is 1. The smallest absolute Gasteiger partial charge is 0.227 e. The fourth-order valence-corrected chi connectivity index (χ4v) is 3.69. The lowest BCUT2D eigenvalue weighted by Gasteiger charge is -2.21. The molecule has 1 saturated carbocycles. The van der Waals surface area contributed by atoms with Crippen LogP contribution in [0, 0.1) is 5.92 Å². The third-order valence-corrected chi connectivity index (χ3v) is 4.89. The Kier molecular flexibility index (Phi) is 3.63. The molecule has 0 radical (unpaired) electrons. The van der Waals surface area contributed by atoms with Crippen LogP contribution in [0.3, 0.4) is 0 Å². The molecular formula is C15H19BrN2O. The Morgan fingerprint density at radius 1 is 1.42 bits per heavy atom. The maximum atomic E-state index is 12.5. The molecule has 0 spiro atoms. The minimum Gasteiger partial charge on any atom is -0.327 e. The fourth-order valence-electron chi connectivity index (χ4n) is 3.28. The van der Waals surface area contributed by atoms with E-state index in [-0.39, 0.29) is 11.9 Å². The average Bonchev–Trinajstić information content (AvgIpc) is 2.96. The first kappa shape index (κ1) is 13.1. The maximum absolute atomic E-state index is 12.5. The summed E-state index contributed by atoms with van der Waals surface area (Å²) in [4.78, 5) is 14.4. The highest BCUT2D eigenvalue weighted by atomic mass is 79.9. The van der Waals surface area contributed by atoms with E-state index >= 15 is 0 Å². The molecule has 0 bridgehead atoms. The summed E-state index contributed by atoms with van der Waals surface area (Å²) in [6.07, 6.45) is 4.91. The second-order valence-corrected chi connectivity index (χ2v) is 6.54. The van der Waals surface area contributed by atoms with Crippen molar-refractivity contribution in [2.24, 2.45) is 11.7 Å². The monoisotopic (exact) mass is 322 g/mol. The Labute approximate surface area is 122 Å². The first-order valence-corrected chi connectivity index (χ1v) is 7.79. The fraction of sp³-hybridized carbons (Fsp3) is 0.533. The van der Waals surface area contributed by atoms with Crippen molar-refractivity contribution >= 4 is 27.5 Å². The average molecular weight is 323 g/mol. The molecule has 0 unspecified atom stereocenters. The first-order valence-electron chi connectivity index (χ1n) is 6.99. The van der Waals surface area contributed by atoms with E-state index in [9.17, 15) is 4.79 Å². The van der Waals surface area contributed by atoms with Crippen LogP contribution in [0.25, 0.3) is 0 Å². The van der Waals surface area contributed by atoms with Gasteiger partial charge in [-0.2, -0.15) is 0 Å². The number of halogens is 1. The molecule has 2 atom stereocenters. The lowest BCUT2D eigenvalue weighted by Crippen LogP contribution is -2.34. The molecule has 0 aromatic heterocycles. The number of anilines is 1. The van der Waals surface area contributed by atoms with Crippen LogP contribution in [0.4, 0.5) is 5.69 Å². The SMILES string of the molecule is N[C@@H]1CCC[C@H]1CC(=O)N1CCc2cc(Br)ccc21. The Morgan fingerprint density at radius 2 is 2.26 bits per heavy atom. The number of rotatable bonds is 2. The predicted molar refractivity (Wildman–Crippen MR) is 80.1 cm³/mol. The molecule has 2 aliphatic rings. The molecule has 1 aromatic rings. The zero-order chi connectivity index (χ0) is 13.4. The van der Waals surface area contributed by atoms with Gasteiger partial charge >= 0.3 is 0 Å². The third kappa shape index (κ3) is 2.56. The van der Waals surface area contributed by atoms with Crippen molar-refractivity contribution in [1.29, 1.82) is 0 Å². The van der Waals surface area contributed by atoms with Gasteiger partial charge in [0.05, 0.1) is 0 Å². The summed E-state index contributed by atoms with van der Waals surface area (Å²) >= 11 is 3.48. The van der Waals surface area contributed by atoms with E-state index in [2.05, 4.69) is 22.0 Å². The van der Waals surface area contributed by atoms with Gasteiger partial charge in [-0.15, -0.1) is 0 Å². The highest BCUT2D eigenvalue weighted by Gasteiger charge is 2.30. The van der Waals surface area contributed by atoms with Crippen LogP contribution in [0.2, 0.25) is 0 Å². The second kappa shape index (κ2) is 5.25. The molecule has 1 aliphatic carbocycles. The van der Waals surface area contributed by atoms with Gasteiger partial charge in [-0.05, 0) is 48.9 Å². The number of benzene rings is 1. The van der Waals surface area contributed by atoms with Gasteiger partial charge in [0.25, 0.3) is 0 Å². The summed E-state index contributed by atoms with van der Waals surface area (Å²) in [5, 5.41) is 0. The lowest BCUT2D eigenvalue weighted by atomic mass is 9.99. The topological polar surface area (TPSA) is 46.3 Å². The zero-order valence-corrected chi connectivity index (χ0v) is 12.5. The summed E-state index contributed by atoms with van der Waals surface area (Å²) in [5.41, 5.74) is 8.41. The van der Waals surface area contributed by atoms with Gasteiger partial charge in [-0.1, -0.05) is 22.4 Å². The molecule has 3 nitrogen and oxygen atoms in total. The van der Waals surface area contributed by atoms with Crippen LogP contribution in [0.1, 0.15) is 31.2 Å². The summed E-state index contributed by atoms with van der Waals surface area (Å²) < 4.78 is 1.08. The van der Waals surface area contributed by atoms with Crippen molar-refractivity contribution in [3.63, 3.8) is 0 Å². The molecule has 1 heterocycles. The van der Waals surface area contributed by atoms with Crippen molar-refractivity contribution in [3.05, 3.63) is 28.2 Å². The molecule has 1 aliphatic heterocycles. The van der Waals surface area contributed by atoms with Crippen LogP contribution in [-0.2, 0) is 11.2 Å². The van der Waals surface area contributed by atoms with E-state index < -0.39 is 0 Å². The highest BCUT2D eigenvalue weighted by Crippen LogP contribution is 2.33. The van der Waals surface area contributed by atoms with E-state index in [1.807, 2.05) is 17.0 Å². The molecule has 1 fully saturated rings. The van der Waals surface area contributed by atoms with Gasteiger partial charge in [-0.3, -0.25) is 4.79 Å². The molecule has 0 saturated heterocycles. The molecule has 2 N–H and O–H groups in total. The van der Waals surface area contributed by atoms with Gasteiger partial charge in [0.1, 0.15) is 0 Å². The normalized spacial score (nSPS) is 25.7. The summed E-state index contributed by atoms with van der Waals surface area (Å²) in [7, 11) is 0. The number of carbonyl (C=O) groups is 1. The van der Waals surface area contributed by atoms with E-state index in [1.54, 1.807) is 0 Å². The van der Waals surface area contributed by atoms with Crippen molar-refractivity contribution in [1.82, 2.24) is 0 Å². The third-order valence-electron chi connectivity index (χ3n) is 4.39. The molecule has 1 amide bonds. The Morgan fingerprint density at radius 3 is 3.00 bits per heavy atom. The highest BCUT2D eigenvalue weighted by molar-refractivity contribution is 9.10. The number of fused-ring (bicyclic) bond motifs is 1. The second-order valence-electron chi connectivity index (χ2n) is 5.63. The summed E-state index contributed by atoms with van der Waals surface area (Å²) in [6, 6.07) is 6.38. The molecule has 4 heteroatoms. The number of carbonyl (C=O) groups excluding carboxylic acids is 1. The Hall–Kier alpha value is -0.870. The number of nitrogens with two attached hydrogens (primary N) is 1. The van der Waals surface area contributed by atoms with Crippen molar-refractivity contribution < 1.29 is 4.79 Å².